The molecule has 0 saturated heterocycles. The number of aliphatic hydroxyl groups excluding tert-OH is 2. The Bertz CT molecular complexity index is 396. The summed E-state index contributed by atoms with van der Waals surface area (Å²) in [6, 6.07) is 7.36. The fraction of sp³-hybridized carbons (Fsp3) is 0.500. The van der Waals surface area contributed by atoms with Gasteiger partial charge in [0.15, 0.2) is 0 Å². The van der Waals surface area contributed by atoms with Crippen molar-refractivity contribution in [2.45, 2.75) is 32.3 Å². The molecule has 0 fully saturated rings. The molecule has 0 aromatic heterocycles. The number of rotatable bonds is 7. The third kappa shape index (κ3) is 6.22. The van der Waals surface area contributed by atoms with E-state index in [0.717, 1.165) is 24.1 Å². The summed E-state index contributed by atoms with van der Waals surface area (Å²) >= 11 is 0. The molecule has 1 aromatic carbocycles. The topological polar surface area (TPSA) is 81.6 Å². The summed E-state index contributed by atoms with van der Waals surface area (Å²) in [5.74, 6) is 0. The smallest absolute Gasteiger partial charge is 0.319 e. The fourth-order valence-corrected chi connectivity index (χ4v) is 1.68. The van der Waals surface area contributed by atoms with Gasteiger partial charge in [0.05, 0.1) is 12.7 Å². The van der Waals surface area contributed by atoms with Gasteiger partial charge >= 0.3 is 6.03 Å². The third-order valence-electron chi connectivity index (χ3n) is 2.85. The molecule has 106 valence electrons. The van der Waals surface area contributed by atoms with Crippen molar-refractivity contribution in [3.63, 3.8) is 0 Å². The van der Waals surface area contributed by atoms with Crippen molar-refractivity contribution in [2.24, 2.45) is 0 Å². The summed E-state index contributed by atoms with van der Waals surface area (Å²) < 4.78 is 0. The van der Waals surface area contributed by atoms with E-state index in [0.29, 0.717) is 13.0 Å². The highest BCUT2D eigenvalue weighted by atomic mass is 16.3. The fourth-order valence-electron chi connectivity index (χ4n) is 1.68. The number of para-hydroxylation sites is 1. The lowest BCUT2D eigenvalue weighted by atomic mass is 10.1. The average molecular weight is 266 g/mol. The Kier molecular flexibility index (Phi) is 6.92. The molecule has 5 nitrogen and oxygen atoms in total. The summed E-state index contributed by atoms with van der Waals surface area (Å²) in [4.78, 5) is 11.6. The van der Waals surface area contributed by atoms with E-state index in [4.69, 9.17) is 10.2 Å². The molecule has 0 bridgehead atoms. The first kappa shape index (κ1) is 15.5. The van der Waals surface area contributed by atoms with Gasteiger partial charge in [-0.25, -0.2) is 4.79 Å². The summed E-state index contributed by atoms with van der Waals surface area (Å²) in [6.07, 6.45) is 1.45. The third-order valence-corrected chi connectivity index (χ3v) is 2.85. The number of nitrogens with one attached hydrogen (secondary N) is 2. The second kappa shape index (κ2) is 8.50. The number of unbranched alkanes of at least 4 members (excludes halogenated alkanes) is 1. The lowest BCUT2D eigenvalue weighted by Crippen LogP contribution is -2.29. The average Bonchev–Trinajstić information content (AvgIpc) is 2.40. The maximum atomic E-state index is 11.6. The Balaban J connectivity index is 2.17. The zero-order valence-electron chi connectivity index (χ0n) is 11.2. The van der Waals surface area contributed by atoms with Crippen molar-refractivity contribution in [1.29, 1.82) is 0 Å². The number of benzene rings is 1. The monoisotopic (exact) mass is 266 g/mol. The number of hydrogen-bond acceptors (Lipinski definition) is 3. The molecule has 1 aromatic rings. The number of amides is 2. The standard InChI is InChI=1S/C14H22N2O3/c1-11-6-2-3-8-13(11)16-14(19)15-9-5-4-7-12(18)10-17/h2-3,6,8,12,17-18H,4-5,7,9-10H2,1H3,(H2,15,16,19). The van der Waals surface area contributed by atoms with Crippen molar-refractivity contribution in [3.05, 3.63) is 29.8 Å². The van der Waals surface area contributed by atoms with Gasteiger partial charge < -0.3 is 20.8 Å². The van der Waals surface area contributed by atoms with Gasteiger partial charge in [0, 0.05) is 12.2 Å². The van der Waals surface area contributed by atoms with Crippen LogP contribution in [-0.4, -0.2) is 35.5 Å². The maximum absolute atomic E-state index is 11.6. The summed E-state index contributed by atoms with van der Waals surface area (Å²) in [7, 11) is 0. The highest BCUT2D eigenvalue weighted by molar-refractivity contribution is 5.89. The van der Waals surface area contributed by atoms with E-state index in [1.165, 1.54) is 0 Å². The zero-order chi connectivity index (χ0) is 14.1. The van der Waals surface area contributed by atoms with Gasteiger partial charge in [-0.1, -0.05) is 18.2 Å². The van der Waals surface area contributed by atoms with E-state index in [9.17, 15) is 4.79 Å². The summed E-state index contributed by atoms with van der Waals surface area (Å²) in [5.41, 5.74) is 1.82. The van der Waals surface area contributed by atoms with Crippen molar-refractivity contribution < 1.29 is 15.0 Å². The predicted molar refractivity (Wildman–Crippen MR) is 75.1 cm³/mol. The van der Waals surface area contributed by atoms with Crippen LogP contribution in [0, 0.1) is 6.92 Å². The van der Waals surface area contributed by atoms with Crippen LogP contribution in [0.1, 0.15) is 24.8 Å². The lowest BCUT2D eigenvalue weighted by Gasteiger charge is -2.10. The Morgan fingerprint density at radius 1 is 1.32 bits per heavy atom. The van der Waals surface area contributed by atoms with Crippen LogP contribution in [0.15, 0.2) is 24.3 Å². The Hall–Kier alpha value is -1.59. The van der Waals surface area contributed by atoms with Gasteiger partial charge in [-0.3, -0.25) is 0 Å². The van der Waals surface area contributed by atoms with Crippen LogP contribution in [0.4, 0.5) is 10.5 Å². The molecule has 1 unspecified atom stereocenters. The SMILES string of the molecule is Cc1ccccc1NC(=O)NCCCCC(O)CO. The molecular formula is C14H22N2O3. The number of urea groups is 1. The first-order chi connectivity index (χ1) is 9.13. The van der Waals surface area contributed by atoms with Crippen LogP contribution in [0.25, 0.3) is 0 Å². The second-order valence-electron chi connectivity index (χ2n) is 4.53. The van der Waals surface area contributed by atoms with Gasteiger partial charge in [0.1, 0.15) is 0 Å². The molecule has 0 aliphatic carbocycles. The van der Waals surface area contributed by atoms with Crippen LogP contribution in [-0.2, 0) is 0 Å². The Morgan fingerprint density at radius 3 is 2.74 bits per heavy atom. The number of aryl methyl sites for hydroxylation is 1. The molecule has 0 radical (unpaired) electrons. The first-order valence-corrected chi connectivity index (χ1v) is 6.53. The normalized spacial score (nSPS) is 11.9. The molecule has 0 aliphatic rings. The van der Waals surface area contributed by atoms with E-state index in [1.807, 2.05) is 31.2 Å². The van der Waals surface area contributed by atoms with Crippen LogP contribution < -0.4 is 10.6 Å². The minimum atomic E-state index is -0.652. The van der Waals surface area contributed by atoms with E-state index < -0.39 is 6.10 Å². The molecule has 19 heavy (non-hydrogen) atoms. The van der Waals surface area contributed by atoms with Crippen molar-refractivity contribution in [1.82, 2.24) is 5.32 Å². The van der Waals surface area contributed by atoms with Crippen molar-refractivity contribution in [2.75, 3.05) is 18.5 Å². The molecule has 1 atom stereocenters. The zero-order valence-corrected chi connectivity index (χ0v) is 11.2. The molecular weight excluding hydrogens is 244 g/mol. The molecule has 2 amide bonds. The number of carbonyl (C=O) groups is 1. The number of carbonyl (C=O) groups excluding carboxylic acids is 1. The first-order valence-electron chi connectivity index (χ1n) is 6.53. The van der Waals surface area contributed by atoms with Gasteiger partial charge in [0.2, 0.25) is 0 Å². The van der Waals surface area contributed by atoms with E-state index >= 15 is 0 Å². The number of hydrogen-bond donors (Lipinski definition) is 4. The predicted octanol–water partition coefficient (Wildman–Crippen LogP) is 1.64. The highest BCUT2D eigenvalue weighted by Crippen LogP contribution is 2.12. The molecule has 5 heteroatoms. The molecule has 1 rings (SSSR count). The van der Waals surface area contributed by atoms with Crippen LogP contribution >= 0.6 is 0 Å². The van der Waals surface area contributed by atoms with Crippen LogP contribution in [0.3, 0.4) is 0 Å². The largest absolute Gasteiger partial charge is 0.394 e. The second-order valence-corrected chi connectivity index (χ2v) is 4.53. The maximum Gasteiger partial charge on any atom is 0.319 e. The van der Waals surface area contributed by atoms with E-state index in [2.05, 4.69) is 10.6 Å². The van der Waals surface area contributed by atoms with Gasteiger partial charge in [0.25, 0.3) is 0 Å². The Morgan fingerprint density at radius 2 is 2.05 bits per heavy atom. The molecule has 0 aliphatic heterocycles. The van der Waals surface area contributed by atoms with Gasteiger partial charge in [-0.15, -0.1) is 0 Å². The lowest BCUT2D eigenvalue weighted by molar-refractivity contribution is 0.0862. The molecule has 0 heterocycles. The van der Waals surface area contributed by atoms with Gasteiger partial charge in [-0.05, 0) is 37.8 Å². The van der Waals surface area contributed by atoms with E-state index in [-0.39, 0.29) is 12.6 Å². The minimum Gasteiger partial charge on any atom is -0.394 e. The van der Waals surface area contributed by atoms with Crippen LogP contribution in [0.5, 0.6) is 0 Å². The Labute approximate surface area is 113 Å². The van der Waals surface area contributed by atoms with E-state index in [1.54, 1.807) is 0 Å². The van der Waals surface area contributed by atoms with Crippen LogP contribution in [0.2, 0.25) is 0 Å². The molecule has 0 spiro atoms. The minimum absolute atomic E-state index is 0.207. The summed E-state index contributed by atoms with van der Waals surface area (Å²) in [5, 5.41) is 23.3. The highest BCUT2D eigenvalue weighted by Gasteiger charge is 2.04. The van der Waals surface area contributed by atoms with Crippen molar-refractivity contribution in [3.8, 4) is 0 Å². The van der Waals surface area contributed by atoms with Crippen molar-refractivity contribution >= 4 is 11.7 Å². The number of anilines is 1. The molecule has 0 saturated carbocycles. The van der Waals surface area contributed by atoms with Gasteiger partial charge in [-0.2, -0.15) is 0 Å². The summed E-state index contributed by atoms with van der Waals surface area (Å²) in [6.45, 7) is 2.28. The molecule has 4 N–H and O–H groups in total. The number of aliphatic hydroxyl groups is 2. The quantitative estimate of drug-likeness (QED) is 0.566.